The van der Waals surface area contributed by atoms with Gasteiger partial charge in [-0.05, 0) is 18.6 Å². The zero-order valence-corrected chi connectivity index (χ0v) is 12.5. The predicted molar refractivity (Wildman–Crippen MR) is 76.8 cm³/mol. The summed E-state index contributed by atoms with van der Waals surface area (Å²) in [6.45, 7) is 5.98. The van der Waals surface area contributed by atoms with Crippen molar-refractivity contribution in [3.8, 4) is 5.75 Å². The van der Waals surface area contributed by atoms with E-state index in [9.17, 15) is 9.69 Å². The lowest BCUT2D eigenvalue weighted by molar-refractivity contribution is 0.0695. The van der Waals surface area contributed by atoms with E-state index in [2.05, 4.69) is 6.92 Å². The monoisotopic (exact) mass is 284 g/mol. The van der Waals surface area contributed by atoms with Crippen LogP contribution in [0.25, 0.3) is 0 Å². The van der Waals surface area contributed by atoms with Crippen molar-refractivity contribution in [1.82, 2.24) is 0 Å². The molecule has 0 aliphatic rings. The van der Waals surface area contributed by atoms with Crippen molar-refractivity contribution in [2.24, 2.45) is 0 Å². The quantitative estimate of drug-likeness (QED) is 0.742. The number of benzene rings is 1. The Kier molecular flexibility index (Phi) is 5.77. The van der Waals surface area contributed by atoms with Gasteiger partial charge < -0.3 is 14.5 Å². The summed E-state index contributed by atoms with van der Waals surface area (Å²) in [5.74, 6) is -0.821. The van der Waals surface area contributed by atoms with Gasteiger partial charge in [0.05, 0.1) is 0 Å². The van der Waals surface area contributed by atoms with Crippen molar-refractivity contribution in [3.63, 3.8) is 0 Å². The maximum atomic E-state index is 11.1. The van der Waals surface area contributed by atoms with E-state index in [1.807, 2.05) is 13.8 Å². The highest BCUT2D eigenvalue weighted by molar-refractivity contribution is 7.48. The van der Waals surface area contributed by atoms with Crippen molar-refractivity contribution in [2.45, 2.75) is 45.2 Å². The summed E-state index contributed by atoms with van der Waals surface area (Å²) in [6.07, 6.45) is 2.91. The fourth-order valence-corrected chi connectivity index (χ4v) is 2.59. The number of carboxylic acids is 1. The van der Waals surface area contributed by atoms with Gasteiger partial charge in [0.2, 0.25) is 8.38 Å². The van der Waals surface area contributed by atoms with E-state index in [1.54, 1.807) is 18.2 Å². The first-order valence-corrected chi connectivity index (χ1v) is 7.59. The fourth-order valence-electron chi connectivity index (χ4n) is 1.64. The molecule has 1 aromatic rings. The van der Waals surface area contributed by atoms with Crippen LogP contribution in [0.3, 0.4) is 0 Å². The number of hydrogen-bond donors (Lipinski definition) is 2. The topological polar surface area (TPSA) is 66.8 Å². The molecule has 1 aromatic carbocycles. The molecule has 1 rings (SSSR count). The van der Waals surface area contributed by atoms with E-state index in [0.29, 0.717) is 0 Å². The Hall–Kier alpha value is -1.12. The summed E-state index contributed by atoms with van der Waals surface area (Å²) < 4.78 is 5.51. The number of para-hydroxylation sites is 1. The Morgan fingerprint density at radius 3 is 2.58 bits per heavy atom. The molecule has 0 aliphatic heterocycles. The molecule has 1 atom stereocenters. The second-order valence-corrected chi connectivity index (χ2v) is 7.02. The standard InChI is InChI=1S/C14H21O4P/c1-4-5-10-14(2,3)19(17)18-12-9-7-6-8-11(12)13(15)16/h6-9,17H,4-5,10H2,1-3H3,(H,15,16). The summed E-state index contributed by atoms with van der Waals surface area (Å²) in [5, 5.41) is 8.72. The molecule has 0 aromatic heterocycles. The molecule has 0 bridgehead atoms. The third kappa shape index (κ3) is 4.48. The molecule has 1 unspecified atom stereocenters. The third-order valence-corrected chi connectivity index (χ3v) is 4.59. The zero-order chi connectivity index (χ0) is 14.5. The normalized spacial score (nSPS) is 13.1. The SMILES string of the molecule is CCCCC(C)(C)P(O)Oc1ccccc1C(=O)O. The second kappa shape index (κ2) is 6.88. The van der Waals surface area contributed by atoms with Crippen LogP contribution in [0, 0.1) is 0 Å². The Morgan fingerprint density at radius 2 is 2.00 bits per heavy atom. The number of carboxylic acid groups (broad SMARTS) is 1. The van der Waals surface area contributed by atoms with Gasteiger partial charge in [-0.15, -0.1) is 0 Å². The number of aromatic carboxylic acids is 1. The molecule has 0 heterocycles. The van der Waals surface area contributed by atoms with Gasteiger partial charge in [-0.2, -0.15) is 0 Å². The first kappa shape index (κ1) is 15.9. The van der Waals surface area contributed by atoms with Crippen LogP contribution in [0.2, 0.25) is 0 Å². The van der Waals surface area contributed by atoms with E-state index in [4.69, 9.17) is 9.63 Å². The van der Waals surface area contributed by atoms with Crippen LogP contribution in [-0.4, -0.2) is 21.1 Å². The molecule has 0 saturated heterocycles. The van der Waals surface area contributed by atoms with Gasteiger partial charge in [0, 0.05) is 5.16 Å². The minimum Gasteiger partial charge on any atom is -0.478 e. The van der Waals surface area contributed by atoms with Crippen LogP contribution in [0.5, 0.6) is 5.75 Å². The maximum Gasteiger partial charge on any atom is 0.339 e. The average Bonchev–Trinajstić information content (AvgIpc) is 2.36. The van der Waals surface area contributed by atoms with E-state index in [1.165, 1.54) is 6.07 Å². The van der Waals surface area contributed by atoms with Crippen LogP contribution >= 0.6 is 8.38 Å². The van der Waals surface area contributed by atoms with E-state index >= 15 is 0 Å². The summed E-state index contributed by atoms with van der Waals surface area (Å²) >= 11 is 0. The summed E-state index contributed by atoms with van der Waals surface area (Å²) in [6, 6.07) is 6.38. The molecule has 0 radical (unpaired) electrons. The number of unbranched alkanes of at least 4 members (excludes halogenated alkanes) is 1. The first-order valence-electron chi connectivity index (χ1n) is 6.38. The number of rotatable bonds is 7. The molecule has 2 N–H and O–H groups in total. The van der Waals surface area contributed by atoms with Crippen molar-refractivity contribution in [2.75, 3.05) is 0 Å². The molecule has 0 saturated carbocycles. The maximum absolute atomic E-state index is 11.1. The second-order valence-electron chi connectivity index (χ2n) is 5.08. The van der Waals surface area contributed by atoms with Gasteiger partial charge in [-0.1, -0.05) is 45.7 Å². The molecular weight excluding hydrogens is 263 g/mol. The lowest BCUT2D eigenvalue weighted by Gasteiger charge is -2.29. The summed E-state index contributed by atoms with van der Waals surface area (Å²) in [4.78, 5) is 21.3. The van der Waals surface area contributed by atoms with Crippen molar-refractivity contribution >= 4 is 14.3 Å². The van der Waals surface area contributed by atoms with Crippen LogP contribution in [-0.2, 0) is 0 Å². The molecule has 0 fully saturated rings. The van der Waals surface area contributed by atoms with Crippen molar-refractivity contribution in [1.29, 1.82) is 0 Å². The van der Waals surface area contributed by atoms with Crippen LogP contribution < -0.4 is 4.52 Å². The Bertz CT molecular complexity index is 431. The van der Waals surface area contributed by atoms with Crippen molar-refractivity contribution < 1.29 is 19.3 Å². The first-order chi connectivity index (χ1) is 8.88. The van der Waals surface area contributed by atoms with E-state index in [0.717, 1.165) is 19.3 Å². The summed E-state index contributed by atoms with van der Waals surface area (Å²) in [5.41, 5.74) is 0.0790. The van der Waals surface area contributed by atoms with Gasteiger partial charge in [-0.3, -0.25) is 0 Å². The molecular formula is C14H21O4P. The van der Waals surface area contributed by atoms with Gasteiger partial charge >= 0.3 is 5.97 Å². The minimum atomic E-state index is -1.72. The zero-order valence-electron chi connectivity index (χ0n) is 11.6. The lowest BCUT2D eigenvalue weighted by Crippen LogP contribution is -2.20. The predicted octanol–water partition coefficient (Wildman–Crippen LogP) is 4.04. The van der Waals surface area contributed by atoms with E-state index in [-0.39, 0.29) is 16.5 Å². The van der Waals surface area contributed by atoms with Gasteiger partial charge in [0.25, 0.3) is 0 Å². The lowest BCUT2D eigenvalue weighted by atomic mass is 10.1. The van der Waals surface area contributed by atoms with Gasteiger partial charge in [0.15, 0.2) is 0 Å². The number of hydrogen-bond acceptors (Lipinski definition) is 3. The fraction of sp³-hybridized carbons (Fsp3) is 0.500. The smallest absolute Gasteiger partial charge is 0.339 e. The number of carbonyl (C=O) groups is 1. The van der Waals surface area contributed by atoms with Crippen molar-refractivity contribution in [3.05, 3.63) is 29.8 Å². The van der Waals surface area contributed by atoms with E-state index < -0.39 is 14.3 Å². The van der Waals surface area contributed by atoms with Gasteiger partial charge in [-0.25, -0.2) is 4.79 Å². The van der Waals surface area contributed by atoms with Crippen LogP contribution in [0.1, 0.15) is 50.4 Å². The highest BCUT2D eigenvalue weighted by Crippen LogP contribution is 2.50. The minimum absolute atomic E-state index is 0.0790. The molecule has 0 amide bonds. The molecule has 106 valence electrons. The third-order valence-electron chi connectivity index (χ3n) is 2.96. The molecule has 5 heteroatoms. The average molecular weight is 284 g/mol. The largest absolute Gasteiger partial charge is 0.478 e. The highest BCUT2D eigenvalue weighted by atomic mass is 31.2. The Labute approximate surface area is 115 Å². The molecule has 0 aliphatic carbocycles. The van der Waals surface area contributed by atoms with Crippen LogP contribution in [0.4, 0.5) is 0 Å². The van der Waals surface area contributed by atoms with Crippen LogP contribution in [0.15, 0.2) is 24.3 Å². The Balaban J connectivity index is 2.81. The Morgan fingerprint density at radius 1 is 1.37 bits per heavy atom. The highest BCUT2D eigenvalue weighted by Gasteiger charge is 2.31. The molecule has 19 heavy (non-hydrogen) atoms. The molecule has 0 spiro atoms. The van der Waals surface area contributed by atoms with Gasteiger partial charge in [0.1, 0.15) is 11.3 Å². The molecule has 4 nitrogen and oxygen atoms in total. The summed E-state index contributed by atoms with van der Waals surface area (Å²) in [7, 11) is -1.72.